The zero-order valence-corrected chi connectivity index (χ0v) is 52.2. The van der Waals surface area contributed by atoms with Crippen LogP contribution < -0.4 is 20.6 Å². The maximum Gasteiger partial charge on any atom is 0.333 e. The number of hydrogen-bond donors (Lipinski definition) is 0. The van der Waals surface area contributed by atoms with Gasteiger partial charge in [0, 0.05) is 45.3 Å². The molecule has 0 amide bonds. The molecule has 0 bridgehead atoms. The zero-order chi connectivity index (χ0) is 57.5. The van der Waals surface area contributed by atoms with Crippen molar-refractivity contribution in [2.45, 2.75) is 194 Å². The minimum absolute atomic E-state index is 0.00251. The normalized spacial score (nSPS) is 18.3. The Morgan fingerprint density at radius 2 is 0.938 bits per heavy atom. The summed E-state index contributed by atoms with van der Waals surface area (Å²) < 4.78 is 0. The second-order valence-electron chi connectivity index (χ2n) is 30.9. The lowest BCUT2D eigenvalue weighted by atomic mass is 9.43. The molecule has 0 fully saturated rings. The fourth-order valence-corrected chi connectivity index (χ4v) is 15.7. The molecule has 0 spiro atoms. The lowest BCUT2D eigenvalue weighted by Gasteiger charge is -2.48. The molecule has 0 N–H and O–H groups in total. The Hall–Kier alpha value is -6.58. The third-order valence-electron chi connectivity index (χ3n) is 21.0. The predicted molar refractivity (Wildman–Crippen MR) is 349 cm³/mol. The summed E-state index contributed by atoms with van der Waals surface area (Å²) in [5.74, 6) is -0.00251. The average molecular weight is 1060 g/mol. The van der Waals surface area contributed by atoms with E-state index in [-0.39, 0.29) is 50.7 Å². The Balaban J connectivity index is 1.15. The third kappa shape index (κ3) is 8.22. The van der Waals surface area contributed by atoms with Crippen molar-refractivity contribution in [2.75, 3.05) is 9.71 Å². The van der Waals surface area contributed by atoms with Gasteiger partial charge >= 0.3 is 6.85 Å². The van der Waals surface area contributed by atoms with Crippen molar-refractivity contribution >= 4 is 46.2 Å². The molecule has 2 aliphatic heterocycles. The second-order valence-corrected chi connectivity index (χ2v) is 30.9. The summed E-state index contributed by atoms with van der Waals surface area (Å²) in [4.78, 5) is 5.54. The van der Waals surface area contributed by atoms with Gasteiger partial charge in [-0.15, -0.1) is 0 Å². The van der Waals surface area contributed by atoms with Crippen LogP contribution in [0.2, 0.25) is 0 Å². The van der Waals surface area contributed by atoms with Crippen molar-refractivity contribution < 1.29 is 0 Å². The summed E-state index contributed by atoms with van der Waals surface area (Å²) in [5, 5.41) is 0. The molecule has 8 aromatic carbocycles. The highest BCUT2D eigenvalue weighted by molar-refractivity contribution is 6.93. The molecule has 0 aromatic heterocycles. The van der Waals surface area contributed by atoms with Crippen LogP contribution in [-0.4, -0.2) is 6.85 Å². The third-order valence-corrected chi connectivity index (χ3v) is 21.0. The van der Waals surface area contributed by atoms with Gasteiger partial charge in [0.15, 0.2) is 0 Å². The maximum absolute atomic E-state index is 2.82. The molecule has 0 saturated heterocycles. The molecule has 0 unspecified atom stereocenters. The summed E-state index contributed by atoms with van der Waals surface area (Å²) in [7, 11) is 0. The van der Waals surface area contributed by atoms with E-state index in [4.69, 9.17) is 0 Å². The van der Waals surface area contributed by atoms with Gasteiger partial charge in [-0.25, -0.2) is 0 Å². The second kappa shape index (κ2) is 17.7. The van der Waals surface area contributed by atoms with E-state index in [0.717, 1.165) is 12.8 Å². The van der Waals surface area contributed by atoms with Crippen LogP contribution in [0.1, 0.15) is 215 Å². The van der Waals surface area contributed by atoms with Crippen molar-refractivity contribution in [1.82, 2.24) is 0 Å². The molecule has 3 heteroatoms. The fourth-order valence-electron chi connectivity index (χ4n) is 15.7. The summed E-state index contributed by atoms with van der Waals surface area (Å²) in [6.45, 7) is 43.2. The molecule has 8 aromatic rings. The van der Waals surface area contributed by atoms with Gasteiger partial charge in [0.1, 0.15) is 0 Å². The molecule has 0 atom stereocenters. The van der Waals surface area contributed by atoms with Crippen LogP contribution in [0.15, 0.2) is 146 Å². The van der Waals surface area contributed by atoms with Gasteiger partial charge in [-0.05, 0) is 208 Å². The Bertz CT molecular complexity index is 3840. The Kier molecular flexibility index (Phi) is 11.8. The van der Waals surface area contributed by atoms with Crippen LogP contribution >= 0.6 is 0 Å². The predicted octanol–water partition coefficient (Wildman–Crippen LogP) is 19.8. The number of fused-ring (bicyclic) bond motifs is 10. The van der Waals surface area contributed by atoms with Gasteiger partial charge in [-0.3, -0.25) is 0 Å². The van der Waals surface area contributed by atoms with E-state index in [9.17, 15) is 0 Å². The molecule has 0 radical (unpaired) electrons. The summed E-state index contributed by atoms with van der Waals surface area (Å²) in [6.07, 6.45) is 4.69. The molecule has 0 saturated carbocycles. The molecule has 13 rings (SSSR count). The van der Waals surface area contributed by atoms with Crippen molar-refractivity contribution in [2.24, 2.45) is 0 Å². The standard InChI is InChI=1S/C78H87BN2/c1-47-41-56-70-65(36-34-59-69(70)55-21-19-20-22-57(55)78(59,17)18)81(54-32-33-58-61(45-54)76(13,14)38-37-74(58,9)10)79-63-44-51(68(49-23-28-52(29-24-49)72(3,4)5)50-25-30-53(31-26-50)73(6,7)8)27-35-64(63)80(67(42-47)71(56)79)66-46-62-60(43-48(66)2)75(11,12)39-40-77(62,15)16/h19-36,41-46,68H,37-40H2,1-18H3. The van der Waals surface area contributed by atoms with Gasteiger partial charge < -0.3 is 9.71 Å². The van der Waals surface area contributed by atoms with Crippen LogP contribution in [0.4, 0.5) is 28.4 Å². The number of nitrogens with zero attached hydrogens (tertiary/aromatic N) is 2. The lowest BCUT2D eigenvalue weighted by molar-refractivity contribution is 0.332. The van der Waals surface area contributed by atoms with Gasteiger partial charge in [0.25, 0.3) is 0 Å². The summed E-state index contributed by atoms with van der Waals surface area (Å²) in [5.41, 5.74) is 32.8. The number of aryl methyl sites for hydroxylation is 2. The summed E-state index contributed by atoms with van der Waals surface area (Å²) in [6, 6.07) is 59.2. The average Bonchev–Trinajstić information content (AvgIpc) is 3.81. The SMILES string of the molecule is Cc1cc2c3c(c1)N(c1cc4c(cc1C)C(C)(C)CCC4(C)C)c1ccc(C(c4ccc(C(C)(C)C)cc4)c4ccc(C(C)(C)C)cc4)cc1B3N(c1ccc3c(c1)C(C)(C)CCC3(C)C)c1ccc3c(c1-2)-c1ccccc1C3(C)C. The topological polar surface area (TPSA) is 6.48 Å². The highest BCUT2D eigenvalue weighted by atomic mass is 15.2. The number of anilines is 5. The van der Waals surface area contributed by atoms with Crippen LogP contribution in [0, 0.1) is 13.8 Å². The Labute approximate surface area is 487 Å². The van der Waals surface area contributed by atoms with E-state index in [0.29, 0.717) is 0 Å². The number of benzene rings is 8. The van der Waals surface area contributed by atoms with Crippen LogP contribution in [0.5, 0.6) is 0 Å². The molecular formula is C78H87BN2. The van der Waals surface area contributed by atoms with Crippen LogP contribution in [-0.2, 0) is 37.9 Å². The Morgan fingerprint density at radius 1 is 0.420 bits per heavy atom. The molecule has 2 nitrogen and oxygen atoms in total. The lowest BCUT2D eigenvalue weighted by Crippen LogP contribution is -2.62. The zero-order valence-electron chi connectivity index (χ0n) is 52.2. The van der Waals surface area contributed by atoms with E-state index in [1.807, 2.05) is 0 Å². The molecule has 412 valence electrons. The fraction of sp³-hybridized carbons (Fsp3) is 0.385. The highest BCUT2D eigenvalue weighted by Crippen LogP contribution is 2.59. The highest BCUT2D eigenvalue weighted by Gasteiger charge is 2.50. The number of rotatable bonds is 5. The first-order valence-electron chi connectivity index (χ1n) is 30.7. The molecule has 81 heavy (non-hydrogen) atoms. The minimum atomic E-state index is -0.159. The molecule has 5 aliphatic rings. The number of hydrogen-bond acceptors (Lipinski definition) is 2. The van der Waals surface area contributed by atoms with Gasteiger partial charge in [-0.2, -0.15) is 0 Å². The van der Waals surface area contributed by atoms with E-state index >= 15 is 0 Å². The van der Waals surface area contributed by atoms with Crippen molar-refractivity contribution in [1.29, 1.82) is 0 Å². The first kappa shape index (κ1) is 53.7. The van der Waals surface area contributed by atoms with Crippen molar-refractivity contribution in [3.63, 3.8) is 0 Å². The van der Waals surface area contributed by atoms with Crippen molar-refractivity contribution in [3.05, 3.63) is 218 Å². The Morgan fingerprint density at radius 3 is 1.53 bits per heavy atom. The maximum atomic E-state index is 2.82. The quantitative estimate of drug-likeness (QED) is 0.125. The first-order chi connectivity index (χ1) is 38.0. The van der Waals surface area contributed by atoms with Gasteiger partial charge in [-0.1, -0.05) is 220 Å². The summed E-state index contributed by atoms with van der Waals surface area (Å²) >= 11 is 0. The van der Waals surface area contributed by atoms with E-state index < -0.39 is 0 Å². The van der Waals surface area contributed by atoms with Crippen LogP contribution in [0.3, 0.4) is 0 Å². The minimum Gasteiger partial charge on any atom is -0.376 e. The smallest absolute Gasteiger partial charge is 0.333 e. The van der Waals surface area contributed by atoms with Crippen molar-refractivity contribution in [3.8, 4) is 22.3 Å². The largest absolute Gasteiger partial charge is 0.376 e. The van der Waals surface area contributed by atoms with E-state index in [2.05, 4.69) is 280 Å². The molecule has 3 aliphatic carbocycles. The van der Waals surface area contributed by atoms with Gasteiger partial charge in [0.2, 0.25) is 0 Å². The van der Waals surface area contributed by atoms with Gasteiger partial charge in [0.05, 0.1) is 0 Å². The van der Waals surface area contributed by atoms with E-state index in [1.54, 1.807) is 0 Å². The van der Waals surface area contributed by atoms with E-state index in [1.165, 1.54) is 147 Å². The monoisotopic (exact) mass is 1060 g/mol. The first-order valence-corrected chi connectivity index (χ1v) is 30.7. The molecular weight excluding hydrogens is 976 g/mol. The van der Waals surface area contributed by atoms with Crippen LogP contribution in [0.25, 0.3) is 22.3 Å². The molecule has 2 heterocycles.